The molecule has 1 aliphatic heterocycles. The monoisotopic (exact) mass is 201 g/mol. The van der Waals surface area contributed by atoms with Crippen molar-refractivity contribution in [1.29, 1.82) is 0 Å². The smallest absolute Gasteiger partial charge is 0.217 e. The summed E-state index contributed by atoms with van der Waals surface area (Å²) in [6.07, 6.45) is 4.24. The van der Waals surface area contributed by atoms with Crippen molar-refractivity contribution in [2.75, 3.05) is 26.4 Å². The highest BCUT2D eigenvalue weighted by Crippen LogP contribution is 2.33. The maximum atomic E-state index is 10.2. The van der Waals surface area contributed by atoms with Gasteiger partial charge in [-0.15, -0.1) is 0 Å². The number of carbonyl (C=O) groups is 1. The van der Waals surface area contributed by atoms with Crippen LogP contribution in [0.15, 0.2) is 0 Å². The molecule has 1 aliphatic carbocycles. The molecule has 1 saturated heterocycles. The lowest BCUT2D eigenvalue weighted by Crippen LogP contribution is -2.16. The van der Waals surface area contributed by atoms with E-state index in [0.717, 1.165) is 38.8 Å². The molecule has 1 amide bonds. The third kappa shape index (κ3) is 6.86. The van der Waals surface area contributed by atoms with Crippen molar-refractivity contribution in [3.63, 3.8) is 0 Å². The molecular weight excluding hydrogens is 182 g/mol. The van der Waals surface area contributed by atoms with Crippen molar-refractivity contribution in [3.8, 4) is 0 Å². The van der Waals surface area contributed by atoms with Gasteiger partial charge >= 0.3 is 0 Å². The lowest BCUT2D eigenvalue weighted by Gasteiger charge is -2.09. The highest BCUT2D eigenvalue weighted by Gasteiger charge is 2.20. The molecule has 82 valence electrons. The van der Waals surface area contributed by atoms with E-state index in [9.17, 15) is 4.79 Å². The van der Waals surface area contributed by atoms with Gasteiger partial charge in [0.1, 0.15) is 0 Å². The number of ether oxygens (including phenoxy) is 2. The topological polar surface area (TPSA) is 61.6 Å². The molecule has 0 aromatic carbocycles. The number of hydrogen-bond acceptors (Lipinski definition) is 3. The molecule has 2 rings (SSSR count). The van der Waals surface area contributed by atoms with Crippen LogP contribution in [-0.2, 0) is 14.3 Å². The van der Waals surface area contributed by atoms with Gasteiger partial charge in [0, 0.05) is 6.42 Å². The first-order chi connectivity index (χ1) is 6.79. The number of carbonyl (C=O) groups excluding carboxylic acids is 1. The van der Waals surface area contributed by atoms with Gasteiger partial charge in [0.15, 0.2) is 0 Å². The lowest BCUT2D eigenvalue weighted by atomic mass is 10.2. The van der Waals surface area contributed by atoms with Crippen molar-refractivity contribution in [3.05, 3.63) is 0 Å². The number of nitrogens with two attached hydrogens (primary N) is 1. The molecule has 0 aromatic heterocycles. The maximum Gasteiger partial charge on any atom is 0.217 e. The molecule has 4 heteroatoms. The fourth-order valence-electron chi connectivity index (χ4n) is 1.19. The average molecular weight is 201 g/mol. The van der Waals surface area contributed by atoms with Crippen LogP contribution in [0.25, 0.3) is 0 Å². The molecule has 2 aliphatic rings. The minimum atomic E-state index is -0.156. The Morgan fingerprint density at radius 2 is 1.64 bits per heavy atom. The molecule has 0 bridgehead atoms. The van der Waals surface area contributed by atoms with Crippen LogP contribution < -0.4 is 5.73 Å². The Bertz CT molecular complexity index is 153. The van der Waals surface area contributed by atoms with Crippen LogP contribution in [0.3, 0.4) is 0 Å². The van der Waals surface area contributed by atoms with Gasteiger partial charge in [-0.3, -0.25) is 4.79 Å². The second kappa shape index (κ2) is 6.79. The van der Waals surface area contributed by atoms with E-state index in [-0.39, 0.29) is 5.91 Å². The number of hydrogen-bond donors (Lipinski definition) is 1. The molecule has 0 aromatic rings. The molecular formula is C10H19NO3. The largest absolute Gasteiger partial charge is 0.377 e. The molecule has 1 heterocycles. The molecule has 14 heavy (non-hydrogen) atoms. The summed E-state index contributed by atoms with van der Waals surface area (Å²) in [6.45, 7) is 3.11. The third-order valence-corrected chi connectivity index (χ3v) is 2.24. The van der Waals surface area contributed by atoms with Gasteiger partial charge in [0.25, 0.3) is 0 Å². The van der Waals surface area contributed by atoms with Crippen molar-refractivity contribution in [2.45, 2.75) is 25.7 Å². The second-order valence-electron chi connectivity index (χ2n) is 3.67. The van der Waals surface area contributed by atoms with E-state index in [2.05, 4.69) is 0 Å². The van der Waals surface area contributed by atoms with E-state index >= 15 is 0 Å². The summed E-state index contributed by atoms with van der Waals surface area (Å²) < 4.78 is 9.89. The van der Waals surface area contributed by atoms with Gasteiger partial charge in [0.05, 0.1) is 26.4 Å². The van der Waals surface area contributed by atoms with Gasteiger partial charge in [-0.2, -0.15) is 0 Å². The Balaban J connectivity index is 0.000000146. The maximum absolute atomic E-state index is 10.2. The standard InChI is InChI=1S/C6H11NO.C4H8O2/c7-6(8)4-3-5-1-2-5;1-2-6-4-3-5-1/h5H,1-4H2,(H2,7,8);1-4H2. The number of primary amides is 1. The zero-order chi connectivity index (χ0) is 10.2. The van der Waals surface area contributed by atoms with Crippen LogP contribution in [0.1, 0.15) is 25.7 Å². The Kier molecular flexibility index (Phi) is 5.56. The molecule has 2 N–H and O–H groups in total. The molecule has 4 nitrogen and oxygen atoms in total. The molecule has 1 saturated carbocycles. The Morgan fingerprint density at radius 3 is 1.93 bits per heavy atom. The minimum Gasteiger partial charge on any atom is -0.377 e. The normalized spacial score (nSPS) is 20.9. The number of amides is 1. The summed E-state index contributed by atoms with van der Waals surface area (Å²) in [7, 11) is 0. The van der Waals surface area contributed by atoms with E-state index in [1.165, 1.54) is 12.8 Å². The van der Waals surface area contributed by atoms with Crippen LogP contribution in [0.2, 0.25) is 0 Å². The molecule has 0 radical (unpaired) electrons. The Labute approximate surface area is 84.7 Å². The molecule has 2 fully saturated rings. The van der Waals surface area contributed by atoms with Crippen molar-refractivity contribution in [2.24, 2.45) is 11.7 Å². The second-order valence-corrected chi connectivity index (χ2v) is 3.67. The molecule has 0 atom stereocenters. The van der Waals surface area contributed by atoms with Gasteiger partial charge in [-0.05, 0) is 12.3 Å². The fraction of sp³-hybridized carbons (Fsp3) is 0.900. The van der Waals surface area contributed by atoms with E-state index in [4.69, 9.17) is 15.2 Å². The quantitative estimate of drug-likeness (QED) is 0.731. The summed E-state index contributed by atoms with van der Waals surface area (Å²) in [6, 6.07) is 0. The van der Waals surface area contributed by atoms with Gasteiger partial charge in [-0.25, -0.2) is 0 Å². The summed E-state index contributed by atoms with van der Waals surface area (Å²) in [5.41, 5.74) is 4.93. The first-order valence-corrected chi connectivity index (χ1v) is 5.23. The van der Waals surface area contributed by atoms with Gasteiger partial charge < -0.3 is 15.2 Å². The Morgan fingerprint density at radius 1 is 1.14 bits per heavy atom. The summed E-state index contributed by atoms with van der Waals surface area (Å²) >= 11 is 0. The molecule has 0 unspecified atom stereocenters. The lowest BCUT2D eigenvalue weighted by molar-refractivity contribution is -0.118. The summed E-state index contributed by atoms with van der Waals surface area (Å²) in [5, 5.41) is 0. The van der Waals surface area contributed by atoms with Crippen LogP contribution >= 0.6 is 0 Å². The van der Waals surface area contributed by atoms with Crippen molar-refractivity contribution >= 4 is 5.91 Å². The first kappa shape index (κ1) is 11.5. The fourth-order valence-corrected chi connectivity index (χ4v) is 1.19. The van der Waals surface area contributed by atoms with E-state index < -0.39 is 0 Å². The zero-order valence-corrected chi connectivity index (χ0v) is 8.54. The highest BCUT2D eigenvalue weighted by atomic mass is 16.6. The predicted octanol–water partition coefficient (Wildman–Crippen LogP) is 0.695. The van der Waals surface area contributed by atoms with Gasteiger partial charge in [0.2, 0.25) is 5.91 Å². The number of rotatable bonds is 3. The van der Waals surface area contributed by atoms with Crippen LogP contribution in [0.5, 0.6) is 0 Å². The summed E-state index contributed by atoms with van der Waals surface area (Å²) in [4.78, 5) is 10.2. The molecule has 0 spiro atoms. The van der Waals surface area contributed by atoms with Crippen molar-refractivity contribution in [1.82, 2.24) is 0 Å². The van der Waals surface area contributed by atoms with Gasteiger partial charge in [-0.1, -0.05) is 12.8 Å². The zero-order valence-electron chi connectivity index (χ0n) is 8.54. The van der Waals surface area contributed by atoms with Crippen LogP contribution in [0.4, 0.5) is 0 Å². The van der Waals surface area contributed by atoms with E-state index in [0.29, 0.717) is 6.42 Å². The third-order valence-electron chi connectivity index (χ3n) is 2.24. The highest BCUT2D eigenvalue weighted by molar-refractivity contribution is 5.73. The van der Waals surface area contributed by atoms with Crippen LogP contribution in [-0.4, -0.2) is 32.3 Å². The predicted molar refractivity (Wildman–Crippen MR) is 52.8 cm³/mol. The SMILES string of the molecule is C1COCCO1.NC(=O)CCC1CC1. The van der Waals surface area contributed by atoms with E-state index in [1.54, 1.807) is 0 Å². The average Bonchev–Trinajstić information content (AvgIpc) is 3.02. The van der Waals surface area contributed by atoms with E-state index in [1.807, 2.05) is 0 Å². The van der Waals surface area contributed by atoms with Crippen LogP contribution in [0, 0.1) is 5.92 Å². The minimum absolute atomic E-state index is 0.156. The Hall–Kier alpha value is -0.610. The summed E-state index contributed by atoms with van der Waals surface area (Å²) in [5.74, 6) is 0.680. The first-order valence-electron chi connectivity index (χ1n) is 5.23. The van der Waals surface area contributed by atoms with Crippen molar-refractivity contribution < 1.29 is 14.3 Å².